The lowest BCUT2D eigenvalue weighted by molar-refractivity contribution is 0.415. The molecule has 118 valence electrons. The molecule has 7 heteroatoms. The van der Waals surface area contributed by atoms with Gasteiger partial charge in [0, 0.05) is 11.3 Å². The van der Waals surface area contributed by atoms with Crippen LogP contribution in [0.25, 0.3) is 11.5 Å². The maximum absolute atomic E-state index is 13.1. The number of hydrogen-bond donors (Lipinski definition) is 1. The molecule has 5 nitrogen and oxygen atoms in total. The summed E-state index contributed by atoms with van der Waals surface area (Å²) in [6, 6.07) is 11.7. The number of anilines is 1. The second-order valence-corrected chi connectivity index (χ2v) is 5.12. The van der Waals surface area contributed by atoms with Crippen molar-refractivity contribution >= 4 is 17.3 Å². The normalized spacial score (nSPS) is 10.6. The predicted octanol–water partition coefficient (Wildman–Crippen LogP) is 4.15. The Morgan fingerprint density at radius 3 is 2.65 bits per heavy atom. The number of halogens is 2. The van der Waals surface area contributed by atoms with Crippen molar-refractivity contribution in [2.45, 2.75) is 6.54 Å². The molecular formula is C16H13ClFN3O2. The minimum Gasteiger partial charge on any atom is -0.497 e. The van der Waals surface area contributed by atoms with Gasteiger partial charge in [0.05, 0.1) is 18.7 Å². The van der Waals surface area contributed by atoms with Crippen molar-refractivity contribution in [1.29, 1.82) is 0 Å². The Kier molecular flexibility index (Phi) is 4.43. The first-order chi connectivity index (χ1) is 11.2. The van der Waals surface area contributed by atoms with Crippen LogP contribution in [0.15, 0.2) is 46.9 Å². The summed E-state index contributed by atoms with van der Waals surface area (Å²) in [5, 5.41) is 11.1. The van der Waals surface area contributed by atoms with Crippen molar-refractivity contribution in [2.24, 2.45) is 0 Å². The molecule has 0 bridgehead atoms. The molecule has 0 fully saturated rings. The highest BCUT2D eigenvalue weighted by Crippen LogP contribution is 2.22. The van der Waals surface area contributed by atoms with E-state index in [1.54, 1.807) is 13.2 Å². The Hall–Kier alpha value is -2.60. The molecular weight excluding hydrogens is 321 g/mol. The zero-order valence-electron chi connectivity index (χ0n) is 12.2. The van der Waals surface area contributed by atoms with Crippen molar-refractivity contribution < 1.29 is 13.5 Å². The molecule has 0 amide bonds. The fourth-order valence-corrected chi connectivity index (χ4v) is 2.14. The summed E-state index contributed by atoms with van der Waals surface area (Å²) in [4.78, 5) is 0. The Morgan fingerprint density at radius 1 is 1.17 bits per heavy atom. The lowest BCUT2D eigenvalue weighted by Crippen LogP contribution is -1.99. The van der Waals surface area contributed by atoms with Gasteiger partial charge in [-0.2, -0.15) is 0 Å². The van der Waals surface area contributed by atoms with Crippen LogP contribution in [-0.4, -0.2) is 17.3 Å². The first-order valence-electron chi connectivity index (χ1n) is 6.81. The fraction of sp³-hybridized carbons (Fsp3) is 0.125. The maximum Gasteiger partial charge on any atom is 0.247 e. The number of rotatable bonds is 5. The molecule has 2 aromatic carbocycles. The molecule has 1 aromatic heterocycles. The van der Waals surface area contributed by atoms with Crippen LogP contribution in [-0.2, 0) is 6.54 Å². The molecule has 3 rings (SSSR count). The van der Waals surface area contributed by atoms with Crippen molar-refractivity contribution in [2.75, 3.05) is 12.4 Å². The number of ether oxygens (including phenoxy) is 1. The Bertz CT molecular complexity index is 805. The third kappa shape index (κ3) is 3.60. The van der Waals surface area contributed by atoms with Crippen molar-refractivity contribution in [3.05, 3.63) is 59.2 Å². The second-order valence-electron chi connectivity index (χ2n) is 4.71. The summed E-state index contributed by atoms with van der Waals surface area (Å²) < 4.78 is 23.8. The molecule has 0 aliphatic rings. The van der Waals surface area contributed by atoms with Crippen molar-refractivity contribution in [3.63, 3.8) is 0 Å². The third-order valence-electron chi connectivity index (χ3n) is 3.17. The van der Waals surface area contributed by atoms with E-state index >= 15 is 0 Å². The quantitative estimate of drug-likeness (QED) is 0.760. The van der Waals surface area contributed by atoms with Gasteiger partial charge in [-0.25, -0.2) is 4.39 Å². The molecule has 0 aliphatic carbocycles. The van der Waals surface area contributed by atoms with Crippen LogP contribution in [0, 0.1) is 5.82 Å². The molecule has 1 N–H and O–H groups in total. The van der Waals surface area contributed by atoms with E-state index in [0.29, 0.717) is 24.0 Å². The van der Waals surface area contributed by atoms with E-state index in [1.165, 1.54) is 12.1 Å². The maximum atomic E-state index is 13.1. The van der Waals surface area contributed by atoms with Gasteiger partial charge >= 0.3 is 0 Å². The van der Waals surface area contributed by atoms with E-state index in [2.05, 4.69) is 15.5 Å². The molecule has 0 radical (unpaired) electrons. The lowest BCUT2D eigenvalue weighted by atomic mass is 10.2. The molecule has 3 aromatic rings. The molecule has 0 atom stereocenters. The number of methoxy groups -OCH3 is 1. The Morgan fingerprint density at radius 2 is 1.96 bits per heavy atom. The summed E-state index contributed by atoms with van der Waals surface area (Å²) in [6.07, 6.45) is 0. The van der Waals surface area contributed by atoms with Crippen LogP contribution in [0.4, 0.5) is 10.1 Å². The zero-order valence-corrected chi connectivity index (χ0v) is 13.0. The van der Waals surface area contributed by atoms with Gasteiger partial charge < -0.3 is 14.5 Å². The van der Waals surface area contributed by atoms with E-state index in [0.717, 1.165) is 11.3 Å². The van der Waals surface area contributed by atoms with E-state index in [-0.39, 0.29) is 5.02 Å². The van der Waals surface area contributed by atoms with E-state index in [4.69, 9.17) is 20.8 Å². The first kappa shape index (κ1) is 15.3. The molecule has 0 saturated carbocycles. The van der Waals surface area contributed by atoms with Gasteiger partial charge in [-0.3, -0.25) is 0 Å². The summed E-state index contributed by atoms with van der Waals surface area (Å²) in [5.41, 5.74) is 1.47. The Labute approximate surface area is 137 Å². The van der Waals surface area contributed by atoms with Gasteiger partial charge in [-0.05, 0) is 42.5 Å². The predicted molar refractivity (Wildman–Crippen MR) is 85.0 cm³/mol. The number of hydrogen-bond acceptors (Lipinski definition) is 5. The van der Waals surface area contributed by atoms with E-state index in [9.17, 15) is 4.39 Å². The van der Waals surface area contributed by atoms with Crippen LogP contribution in [0.2, 0.25) is 5.02 Å². The van der Waals surface area contributed by atoms with Crippen LogP contribution >= 0.6 is 11.6 Å². The minimum atomic E-state index is -0.461. The van der Waals surface area contributed by atoms with E-state index < -0.39 is 5.82 Å². The highest BCUT2D eigenvalue weighted by atomic mass is 35.5. The molecule has 23 heavy (non-hydrogen) atoms. The minimum absolute atomic E-state index is 0.0550. The number of benzene rings is 2. The smallest absolute Gasteiger partial charge is 0.247 e. The molecule has 0 saturated heterocycles. The highest BCUT2D eigenvalue weighted by molar-refractivity contribution is 6.31. The van der Waals surface area contributed by atoms with Crippen LogP contribution in [0.3, 0.4) is 0 Å². The van der Waals surface area contributed by atoms with Gasteiger partial charge in [0.2, 0.25) is 11.8 Å². The highest BCUT2D eigenvalue weighted by Gasteiger charge is 2.09. The monoisotopic (exact) mass is 333 g/mol. The molecule has 0 spiro atoms. The van der Waals surface area contributed by atoms with Crippen LogP contribution in [0.5, 0.6) is 5.75 Å². The standard InChI is InChI=1S/C16H13ClFN3O2/c1-22-12-5-2-10(3-6-12)16-21-20-15(23-16)9-19-11-4-7-14(18)13(17)8-11/h2-8,19H,9H2,1H3. The molecule has 1 heterocycles. The summed E-state index contributed by atoms with van der Waals surface area (Å²) >= 11 is 5.73. The zero-order chi connectivity index (χ0) is 16.2. The Balaban J connectivity index is 1.67. The fourth-order valence-electron chi connectivity index (χ4n) is 1.96. The first-order valence-corrected chi connectivity index (χ1v) is 7.19. The second kappa shape index (κ2) is 6.66. The lowest BCUT2D eigenvalue weighted by Gasteiger charge is -2.04. The van der Waals surface area contributed by atoms with Crippen molar-refractivity contribution in [1.82, 2.24) is 10.2 Å². The number of aromatic nitrogens is 2. The van der Waals surface area contributed by atoms with Gasteiger partial charge in [0.25, 0.3) is 0 Å². The molecule has 0 unspecified atom stereocenters. The summed E-state index contributed by atoms with van der Waals surface area (Å²) in [5.74, 6) is 1.12. The van der Waals surface area contributed by atoms with Gasteiger partial charge in [0.15, 0.2) is 0 Å². The number of nitrogens with zero attached hydrogens (tertiary/aromatic N) is 2. The average Bonchev–Trinajstić information content (AvgIpc) is 3.05. The third-order valence-corrected chi connectivity index (χ3v) is 3.46. The largest absolute Gasteiger partial charge is 0.497 e. The topological polar surface area (TPSA) is 60.2 Å². The van der Waals surface area contributed by atoms with Gasteiger partial charge in [0.1, 0.15) is 11.6 Å². The summed E-state index contributed by atoms with van der Waals surface area (Å²) in [6.45, 7) is 0.311. The van der Waals surface area contributed by atoms with Gasteiger partial charge in [-0.15, -0.1) is 10.2 Å². The van der Waals surface area contributed by atoms with E-state index in [1.807, 2.05) is 24.3 Å². The van der Waals surface area contributed by atoms with Crippen LogP contribution < -0.4 is 10.1 Å². The number of nitrogens with one attached hydrogen (secondary N) is 1. The average molecular weight is 334 g/mol. The van der Waals surface area contributed by atoms with Gasteiger partial charge in [-0.1, -0.05) is 11.6 Å². The SMILES string of the molecule is COc1ccc(-c2nnc(CNc3ccc(F)c(Cl)c3)o2)cc1. The molecule has 0 aliphatic heterocycles. The van der Waals surface area contributed by atoms with Crippen molar-refractivity contribution in [3.8, 4) is 17.2 Å². The summed E-state index contributed by atoms with van der Waals surface area (Å²) in [7, 11) is 1.60. The van der Waals surface area contributed by atoms with Crippen LogP contribution in [0.1, 0.15) is 5.89 Å².